The van der Waals surface area contributed by atoms with Crippen molar-refractivity contribution in [1.82, 2.24) is 24.9 Å². The van der Waals surface area contributed by atoms with Gasteiger partial charge in [-0.15, -0.1) is 24.0 Å². The highest BCUT2D eigenvalue weighted by Crippen LogP contribution is 2.31. The van der Waals surface area contributed by atoms with Crippen LogP contribution >= 0.6 is 24.0 Å². The molecule has 2 aromatic rings. The number of halogens is 1. The van der Waals surface area contributed by atoms with Crippen molar-refractivity contribution in [2.24, 2.45) is 12.0 Å². The van der Waals surface area contributed by atoms with Crippen molar-refractivity contribution in [3.05, 3.63) is 41.7 Å². The van der Waals surface area contributed by atoms with Gasteiger partial charge in [-0.1, -0.05) is 6.07 Å². The van der Waals surface area contributed by atoms with Crippen LogP contribution in [0.5, 0.6) is 11.5 Å². The van der Waals surface area contributed by atoms with Gasteiger partial charge in [0, 0.05) is 46.0 Å². The van der Waals surface area contributed by atoms with Crippen molar-refractivity contribution in [3.63, 3.8) is 0 Å². The third kappa shape index (κ3) is 5.99. The first-order chi connectivity index (χ1) is 13.5. The molecule has 160 valence electrons. The van der Waals surface area contributed by atoms with Gasteiger partial charge in [-0.25, -0.2) is 0 Å². The fourth-order valence-corrected chi connectivity index (χ4v) is 3.32. The second-order valence-electron chi connectivity index (χ2n) is 7.19. The van der Waals surface area contributed by atoms with E-state index in [0.29, 0.717) is 13.2 Å². The number of aliphatic imine (C=N–C) groups is 1. The van der Waals surface area contributed by atoms with E-state index in [1.165, 1.54) is 5.56 Å². The van der Waals surface area contributed by atoms with Crippen LogP contribution in [-0.2, 0) is 13.6 Å². The molecule has 1 unspecified atom stereocenters. The van der Waals surface area contributed by atoms with Crippen LogP contribution < -0.4 is 14.8 Å². The van der Waals surface area contributed by atoms with E-state index in [9.17, 15) is 0 Å². The van der Waals surface area contributed by atoms with E-state index in [1.807, 2.05) is 43.3 Å². The number of rotatable bonds is 6. The highest BCUT2D eigenvalue weighted by atomic mass is 127. The summed E-state index contributed by atoms with van der Waals surface area (Å²) in [7, 11) is 9.91. The monoisotopic (exact) mass is 514 g/mol. The molecule has 3 rings (SSSR count). The highest BCUT2D eigenvalue weighted by Gasteiger charge is 2.18. The van der Waals surface area contributed by atoms with E-state index in [2.05, 4.69) is 45.4 Å². The van der Waals surface area contributed by atoms with Gasteiger partial charge in [-0.05, 0) is 31.8 Å². The zero-order valence-corrected chi connectivity index (χ0v) is 20.1. The molecular formula is C20H31IN6O2. The van der Waals surface area contributed by atoms with Gasteiger partial charge in [0.15, 0.2) is 17.5 Å². The van der Waals surface area contributed by atoms with Crippen LogP contribution in [0.3, 0.4) is 0 Å². The van der Waals surface area contributed by atoms with Gasteiger partial charge in [0.2, 0.25) is 0 Å². The van der Waals surface area contributed by atoms with Crippen LogP contribution in [0, 0.1) is 0 Å². The van der Waals surface area contributed by atoms with Gasteiger partial charge in [0.05, 0.1) is 12.2 Å². The number of nitrogens with zero attached hydrogens (tertiary/aromatic N) is 5. The average molecular weight is 514 g/mol. The Hall–Kier alpha value is -2.01. The fourth-order valence-electron chi connectivity index (χ4n) is 3.32. The summed E-state index contributed by atoms with van der Waals surface area (Å²) in [4.78, 5) is 8.72. The molecule has 1 aliphatic heterocycles. The third-order valence-corrected chi connectivity index (χ3v) is 4.79. The molecule has 1 aliphatic rings. The van der Waals surface area contributed by atoms with Crippen molar-refractivity contribution < 1.29 is 9.47 Å². The smallest absolute Gasteiger partial charge is 0.193 e. The lowest BCUT2D eigenvalue weighted by molar-refractivity contribution is 0.171. The van der Waals surface area contributed by atoms with E-state index in [1.54, 1.807) is 7.05 Å². The topological polar surface area (TPSA) is 67.2 Å². The molecule has 1 N–H and O–H groups in total. The molecule has 0 amide bonds. The van der Waals surface area contributed by atoms with Gasteiger partial charge >= 0.3 is 0 Å². The molecule has 1 atom stereocenters. The predicted octanol–water partition coefficient (Wildman–Crippen LogP) is 2.12. The number of aryl methyl sites for hydroxylation is 1. The highest BCUT2D eigenvalue weighted by molar-refractivity contribution is 14.0. The number of hydrogen-bond acceptors (Lipinski definition) is 5. The first kappa shape index (κ1) is 23.3. The zero-order chi connectivity index (χ0) is 20.1. The van der Waals surface area contributed by atoms with Crippen LogP contribution in [0.1, 0.15) is 17.2 Å². The molecule has 9 heteroatoms. The molecule has 2 heterocycles. The Morgan fingerprint density at radius 3 is 2.59 bits per heavy atom. The van der Waals surface area contributed by atoms with Crippen LogP contribution in [0.2, 0.25) is 0 Å². The number of guanidine groups is 1. The lowest BCUT2D eigenvalue weighted by Gasteiger charge is -2.28. The minimum atomic E-state index is 0. The summed E-state index contributed by atoms with van der Waals surface area (Å²) in [6.07, 6.45) is 3.96. The molecule has 8 nitrogen and oxygen atoms in total. The number of ether oxygens (including phenoxy) is 2. The maximum atomic E-state index is 5.69. The van der Waals surface area contributed by atoms with Gasteiger partial charge < -0.3 is 24.6 Å². The molecule has 1 aromatic carbocycles. The van der Waals surface area contributed by atoms with Gasteiger partial charge in [-0.2, -0.15) is 5.10 Å². The van der Waals surface area contributed by atoms with Gasteiger partial charge in [0.1, 0.15) is 13.2 Å². The molecule has 29 heavy (non-hydrogen) atoms. The van der Waals surface area contributed by atoms with Crippen LogP contribution in [0.15, 0.2) is 35.6 Å². The quantitative estimate of drug-likeness (QED) is 0.362. The zero-order valence-electron chi connectivity index (χ0n) is 17.8. The van der Waals surface area contributed by atoms with Crippen LogP contribution in [0.4, 0.5) is 0 Å². The molecule has 0 bridgehead atoms. The first-order valence-electron chi connectivity index (χ1n) is 9.43. The lowest BCUT2D eigenvalue weighted by Crippen LogP contribution is -2.42. The van der Waals surface area contributed by atoms with Gasteiger partial charge in [-0.3, -0.25) is 9.67 Å². The maximum Gasteiger partial charge on any atom is 0.193 e. The summed E-state index contributed by atoms with van der Waals surface area (Å²) < 4.78 is 13.1. The standard InChI is InChI=1S/C20H30N6O2.HI/c1-21-20(22-12-17(24(2)3)16-11-23-26(5)14-16)25(4)13-15-6-7-18-19(10-15)28-9-8-27-18;/h6-7,10-11,14,17H,8-9,12-13H2,1-5H3,(H,21,22);1H. The van der Waals surface area contributed by atoms with E-state index in [0.717, 1.165) is 36.1 Å². The third-order valence-electron chi connectivity index (χ3n) is 4.79. The number of likely N-dealkylation sites (N-methyl/N-ethyl adjacent to an activating group) is 1. The Kier molecular flexibility index (Phi) is 8.57. The van der Waals surface area contributed by atoms with Crippen LogP contribution in [0.25, 0.3) is 0 Å². The Balaban J connectivity index is 0.00000300. The molecule has 1 aromatic heterocycles. The molecule has 0 fully saturated rings. The second-order valence-corrected chi connectivity index (χ2v) is 7.19. The van der Waals surface area contributed by atoms with E-state index in [4.69, 9.17) is 9.47 Å². The number of aromatic nitrogens is 2. The Morgan fingerprint density at radius 1 is 1.24 bits per heavy atom. The molecule has 0 saturated carbocycles. The lowest BCUT2D eigenvalue weighted by atomic mass is 10.1. The predicted molar refractivity (Wildman–Crippen MR) is 125 cm³/mol. The summed E-state index contributed by atoms with van der Waals surface area (Å²) in [6, 6.07) is 6.28. The number of fused-ring (bicyclic) bond motifs is 1. The Bertz CT molecular complexity index is 823. The summed E-state index contributed by atoms with van der Waals surface area (Å²) in [5.74, 6) is 2.46. The van der Waals surface area contributed by atoms with Crippen molar-refractivity contribution in [3.8, 4) is 11.5 Å². The molecule has 0 radical (unpaired) electrons. The Labute approximate surface area is 189 Å². The molecule has 0 saturated heterocycles. The van der Waals surface area contributed by atoms with Crippen LogP contribution in [-0.4, -0.2) is 73.5 Å². The van der Waals surface area contributed by atoms with Crippen molar-refractivity contribution in [2.75, 3.05) is 47.9 Å². The normalized spacial score (nSPS) is 14.3. The summed E-state index contributed by atoms with van der Waals surface area (Å²) >= 11 is 0. The molecular weight excluding hydrogens is 483 g/mol. The second kappa shape index (κ2) is 10.7. The van der Waals surface area contributed by atoms with Crippen molar-refractivity contribution in [2.45, 2.75) is 12.6 Å². The van der Waals surface area contributed by atoms with Gasteiger partial charge in [0.25, 0.3) is 0 Å². The average Bonchev–Trinajstić information content (AvgIpc) is 3.10. The first-order valence-corrected chi connectivity index (χ1v) is 9.43. The summed E-state index contributed by atoms with van der Waals surface area (Å²) in [5.41, 5.74) is 2.32. The SMILES string of the molecule is CN=C(NCC(c1cnn(C)c1)N(C)C)N(C)Cc1ccc2c(c1)OCCO2.I. The minimum absolute atomic E-state index is 0. The molecule has 0 aliphatic carbocycles. The maximum absolute atomic E-state index is 5.69. The summed E-state index contributed by atoms with van der Waals surface area (Å²) in [6.45, 7) is 2.65. The minimum Gasteiger partial charge on any atom is -0.486 e. The molecule has 0 spiro atoms. The number of benzene rings is 1. The van der Waals surface area contributed by atoms with Crippen molar-refractivity contribution >= 4 is 29.9 Å². The van der Waals surface area contributed by atoms with E-state index < -0.39 is 0 Å². The largest absolute Gasteiger partial charge is 0.486 e. The Morgan fingerprint density at radius 2 is 1.97 bits per heavy atom. The number of hydrogen-bond donors (Lipinski definition) is 1. The summed E-state index contributed by atoms with van der Waals surface area (Å²) in [5, 5.41) is 7.78. The van der Waals surface area contributed by atoms with E-state index in [-0.39, 0.29) is 30.0 Å². The van der Waals surface area contributed by atoms with E-state index >= 15 is 0 Å². The number of nitrogens with one attached hydrogen (secondary N) is 1. The van der Waals surface area contributed by atoms with Crippen molar-refractivity contribution in [1.29, 1.82) is 0 Å². The fraction of sp³-hybridized carbons (Fsp3) is 0.500.